The normalized spacial score (nSPS) is 9.00. The first kappa shape index (κ1) is 15.9. The molecule has 0 aromatic heterocycles. The molecule has 0 nitrogen and oxygen atoms in total. The maximum absolute atomic E-state index is 2.48. The summed E-state index contributed by atoms with van der Waals surface area (Å²) in [6, 6.07) is 0. The molecule has 0 saturated heterocycles. The van der Waals surface area contributed by atoms with Crippen LogP contribution in [0, 0.1) is 0 Å². The minimum absolute atomic E-state index is 0.423. The number of rotatable bonds is 0. The van der Waals surface area contributed by atoms with Gasteiger partial charge in [-0.2, -0.15) is 0 Å². The molecule has 2 radical (unpaired) electrons. The van der Waals surface area contributed by atoms with Crippen LogP contribution in [0.15, 0.2) is 0 Å². The molecule has 8 heavy (non-hydrogen) atoms. The topological polar surface area (TPSA) is 0 Å². The molecule has 0 heterocycles. The van der Waals surface area contributed by atoms with Crippen molar-refractivity contribution in [2.24, 2.45) is 0 Å². The summed E-state index contributed by atoms with van der Waals surface area (Å²) in [6.45, 7) is 0. The van der Waals surface area contributed by atoms with Gasteiger partial charge in [-0.15, -0.1) is 0 Å². The van der Waals surface area contributed by atoms with E-state index in [0.29, 0.717) is 0 Å². The van der Waals surface area contributed by atoms with Crippen molar-refractivity contribution >= 4 is 130 Å². The average Bonchev–Trinajstić information content (AvgIpc) is 1.25. The fourth-order valence-corrected chi connectivity index (χ4v) is 0. The Kier molecular flexibility index (Phi) is 24.8. The van der Waals surface area contributed by atoms with Gasteiger partial charge in [-0.3, -0.25) is 0 Å². The molecule has 0 fully saturated rings. The van der Waals surface area contributed by atoms with Crippen LogP contribution in [0.1, 0.15) is 0 Å². The van der Waals surface area contributed by atoms with Gasteiger partial charge in [-0.05, 0) is 0 Å². The third-order valence-electron chi connectivity index (χ3n) is 0. The molecule has 0 atom stereocenters. The van der Waals surface area contributed by atoms with Gasteiger partial charge in [0.05, 0.1) is 0 Å². The predicted octanol–water partition coefficient (Wildman–Crippen LogP) is 4.55. The van der Waals surface area contributed by atoms with E-state index < -0.39 is 8.84 Å². The first-order valence-electron chi connectivity index (χ1n) is 1.13. The zero-order valence-corrected chi connectivity index (χ0v) is 20.4. The van der Waals surface area contributed by atoms with Crippen molar-refractivity contribution < 1.29 is 0 Å². The fourth-order valence-electron chi connectivity index (χ4n) is 0. The second kappa shape index (κ2) is 12.5. The van der Waals surface area contributed by atoms with Crippen molar-refractivity contribution in [2.75, 3.05) is 0 Å². The standard InChI is InChI=1S/2GeI3/c2*2-1(3)4. The van der Waals surface area contributed by atoms with Crippen LogP contribution in [0.3, 0.4) is 0 Å². The summed E-state index contributed by atoms with van der Waals surface area (Å²) < 4.78 is -0.847. The first-order chi connectivity index (χ1) is 3.46. The van der Waals surface area contributed by atoms with Crippen LogP contribution in [0.25, 0.3) is 0 Å². The van der Waals surface area contributed by atoms with Gasteiger partial charge < -0.3 is 0 Å². The third-order valence-corrected chi connectivity index (χ3v) is 0. The van der Waals surface area contributed by atoms with Crippen LogP contribution in [-0.2, 0) is 0 Å². The summed E-state index contributed by atoms with van der Waals surface area (Å²) in [5.41, 5.74) is 0. The Balaban J connectivity index is 0. The molecule has 0 aromatic carbocycles. The Morgan fingerprint density at radius 1 is 0.500 bits per heavy atom. The van der Waals surface area contributed by atoms with Gasteiger partial charge in [0.25, 0.3) is 0 Å². The Hall–Kier alpha value is 5.47. The van der Waals surface area contributed by atoms with Crippen LogP contribution in [0.5, 0.6) is 0 Å². The van der Waals surface area contributed by atoms with Crippen molar-refractivity contribution in [1.29, 1.82) is 0 Å². The zero-order chi connectivity index (χ0) is 7.15. The van der Waals surface area contributed by atoms with Gasteiger partial charge >= 0.3 is 130 Å². The van der Waals surface area contributed by atoms with Crippen molar-refractivity contribution in [3.8, 4) is 0 Å². The van der Waals surface area contributed by atoms with Crippen molar-refractivity contribution in [2.45, 2.75) is 0 Å². The molecule has 50 valence electrons. The average molecular weight is 907 g/mol. The van der Waals surface area contributed by atoms with Crippen LogP contribution in [0.4, 0.5) is 0 Å². The zero-order valence-electron chi connectivity index (χ0n) is 3.27. The van der Waals surface area contributed by atoms with Gasteiger partial charge in [-0.1, -0.05) is 0 Å². The Morgan fingerprint density at radius 3 is 0.500 bits per heavy atom. The summed E-state index contributed by atoms with van der Waals surface area (Å²) >= 11 is 14.9. The number of halogens is 6. The summed E-state index contributed by atoms with van der Waals surface area (Å²) in [7, 11) is 0. The summed E-state index contributed by atoms with van der Waals surface area (Å²) in [6.07, 6.45) is 0. The molecule has 8 heteroatoms. The van der Waals surface area contributed by atoms with Crippen LogP contribution in [0.2, 0.25) is 0 Å². The molecule has 0 N–H and O–H groups in total. The maximum atomic E-state index is 2.48. The van der Waals surface area contributed by atoms with Gasteiger partial charge in [0.15, 0.2) is 0 Å². The number of hydrogen-bond acceptors (Lipinski definition) is 0. The Morgan fingerprint density at radius 2 is 0.500 bits per heavy atom. The number of hydrogen-bond donors (Lipinski definition) is 0. The third kappa shape index (κ3) is 42.0. The first-order valence-corrected chi connectivity index (χ1v) is 39.5. The molecule has 0 aliphatic carbocycles. The van der Waals surface area contributed by atoms with E-state index in [1.54, 1.807) is 0 Å². The predicted molar refractivity (Wildman–Crippen MR) is 95.6 cm³/mol. The molecule has 0 aromatic rings. The van der Waals surface area contributed by atoms with E-state index in [1.807, 2.05) is 0 Å². The summed E-state index contributed by atoms with van der Waals surface area (Å²) in [4.78, 5) is 0. The molecular formula is Ge2I6. The van der Waals surface area contributed by atoms with E-state index in [0.717, 1.165) is 0 Å². The van der Waals surface area contributed by atoms with Crippen LogP contribution < -0.4 is 0 Å². The molecule has 0 rings (SSSR count). The molecule has 0 bridgehead atoms. The Labute approximate surface area is 126 Å². The summed E-state index contributed by atoms with van der Waals surface area (Å²) in [5, 5.41) is 0. The Bertz CT molecular complexity index is 22.0. The van der Waals surface area contributed by atoms with E-state index in [1.165, 1.54) is 0 Å². The van der Waals surface area contributed by atoms with Crippen molar-refractivity contribution in [3.05, 3.63) is 0 Å². The van der Waals surface area contributed by atoms with E-state index in [4.69, 9.17) is 0 Å². The second-order valence-corrected chi connectivity index (χ2v) is 100. The van der Waals surface area contributed by atoms with Gasteiger partial charge in [-0.25, -0.2) is 0 Å². The molecule has 0 spiro atoms. The van der Waals surface area contributed by atoms with Crippen LogP contribution in [-0.4, -0.2) is 8.84 Å². The molecule has 0 amide bonds. The van der Waals surface area contributed by atoms with E-state index in [-0.39, 0.29) is 0 Å². The molecule has 0 saturated carbocycles. The van der Waals surface area contributed by atoms with Gasteiger partial charge in [0.2, 0.25) is 0 Å². The molecule has 0 aliphatic rings. The molecule has 0 aliphatic heterocycles. The minimum atomic E-state index is -0.423. The molecule has 0 unspecified atom stereocenters. The van der Waals surface area contributed by atoms with Crippen LogP contribution >= 0.6 is 121 Å². The molecular weight excluding hydrogens is 907 g/mol. The van der Waals surface area contributed by atoms with Gasteiger partial charge in [0.1, 0.15) is 0 Å². The second-order valence-electron chi connectivity index (χ2n) is 0.429. The van der Waals surface area contributed by atoms with E-state index in [2.05, 4.69) is 121 Å². The van der Waals surface area contributed by atoms with Crippen molar-refractivity contribution in [1.82, 2.24) is 0 Å². The van der Waals surface area contributed by atoms with Gasteiger partial charge in [0, 0.05) is 0 Å². The van der Waals surface area contributed by atoms with E-state index in [9.17, 15) is 0 Å². The summed E-state index contributed by atoms with van der Waals surface area (Å²) in [5.74, 6) is 0. The SMILES string of the molecule is [I][Ge]([I])[I].[I][Ge]([I])[I]. The quantitative estimate of drug-likeness (QED) is 0.248. The van der Waals surface area contributed by atoms with Crippen molar-refractivity contribution in [3.63, 3.8) is 0 Å². The van der Waals surface area contributed by atoms with E-state index >= 15 is 0 Å². The fraction of sp³-hybridized carbons (Fsp3) is 0. The monoisotopic (exact) mass is 909 g/mol.